The molecule has 1 aromatic rings. The van der Waals surface area contributed by atoms with Gasteiger partial charge in [0.1, 0.15) is 0 Å². The van der Waals surface area contributed by atoms with Crippen molar-refractivity contribution in [1.29, 1.82) is 0 Å². The van der Waals surface area contributed by atoms with Crippen molar-refractivity contribution < 1.29 is 4.79 Å². The summed E-state index contributed by atoms with van der Waals surface area (Å²) in [6.07, 6.45) is 9.50. The van der Waals surface area contributed by atoms with Gasteiger partial charge >= 0.3 is 0 Å². The Labute approximate surface area is 121 Å². The molecular weight excluding hydrogens is 248 g/mol. The average molecular weight is 272 g/mol. The Morgan fingerprint density at radius 1 is 1.25 bits per heavy atom. The van der Waals surface area contributed by atoms with Crippen molar-refractivity contribution in [1.82, 2.24) is 0 Å². The highest BCUT2D eigenvalue weighted by Crippen LogP contribution is 2.28. The molecule has 0 radical (unpaired) electrons. The number of benzene rings is 1. The first-order valence-corrected chi connectivity index (χ1v) is 7.98. The first-order valence-electron chi connectivity index (χ1n) is 7.98. The molecule has 1 heterocycles. The van der Waals surface area contributed by atoms with E-state index >= 15 is 0 Å². The van der Waals surface area contributed by atoms with E-state index in [0.29, 0.717) is 6.42 Å². The molecule has 1 aromatic carbocycles. The standard InChI is InChI=1S/C17H24N2O/c20-17(9-6-13-4-2-1-3-5-13)19-15-7-8-16-14(12-15)10-11-18-16/h7-8,12-13,18H,1-6,9-11H2,(H,19,20). The topological polar surface area (TPSA) is 41.1 Å². The van der Waals surface area contributed by atoms with Gasteiger partial charge in [0.05, 0.1) is 0 Å². The summed E-state index contributed by atoms with van der Waals surface area (Å²) in [5.41, 5.74) is 3.47. The minimum atomic E-state index is 0.168. The molecule has 1 aliphatic heterocycles. The fraction of sp³-hybridized carbons (Fsp3) is 0.588. The summed E-state index contributed by atoms with van der Waals surface area (Å²) < 4.78 is 0. The van der Waals surface area contributed by atoms with Gasteiger partial charge in [0.25, 0.3) is 0 Å². The van der Waals surface area contributed by atoms with E-state index in [0.717, 1.165) is 31.0 Å². The van der Waals surface area contributed by atoms with Crippen LogP contribution in [0.25, 0.3) is 0 Å². The number of hydrogen-bond acceptors (Lipinski definition) is 2. The van der Waals surface area contributed by atoms with E-state index in [-0.39, 0.29) is 5.91 Å². The third kappa shape index (κ3) is 3.33. The molecule has 108 valence electrons. The van der Waals surface area contributed by atoms with Crippen LogP contribution in [0.3, 0.4) is 0 Å². The molecule has 0 saturated heterocycles. The zero-order valence-corrected chi connectivity index (χ0v) is 12.1. The van der Waals surface area contributed by atoms with Gasteiger partial charge in [-0.3, -0.25) is 4.79 Å². The Morgan fingerprint density at radius 2 is 2.10 bits per heavy atom. The van der Waals surface area contributed by atoms with Gasteiger partial charge in [0.2, 0.25) is 5.91 Å². The fourth-order valence-corrected chi connectivity index (χ4v) is 3.42. The molecule has 1 saturated carbocycles. The van der Waals surface area contributed by atoms with Gasteiger partial charge in [0.15, 0.2) is 0 Å². The van der Waals surface area contributed by atoms with Crippen molar-refractivity contribution in [3.63, 3.8) is 0 Å². The van der Waals surface area contributed by atoms with E-state index in [1.807, 2.05) is 6.07 Å². The SMILES string of the molecule is O=C(CCC1CCCCC1)Nc1ccc2c(c1)CCN2. The van der Waals surface area contributed by atoms with E-state index in [9.17, 15) is 4.79 Å². The molecule has 1 aliphatic carbocycles. The van der Waals surface area contributed by atoms with Gasteiger partial charge in [-0.1, -0.05) is 32.1 Å². The molecule has 3 heteroatoms. The number of carbonyl (C=O) groups is 1. The van der Waals surface area contributed by atoms with Crippen LogP contribution in [-0.4, -0.2) is 12.5 Å². The van der Waals surface area contributed by atoms with Gasteiger partial charge in [-0.25, -0.2) is 0 Å². The molecule has 0 atom stereocenters. The highest BCUT2D eigenvalue weighted by atomic mass is 16.1. The maximum atomic E-state index is 12.0. The summed E-state index contributed by atoms with van der Waals surface area (Å²) in [4.78, 5) is 12.0. The van der Waals surface area contributed by atoms with E-state index in [1.54, 1.807) is 0 Å². The Balaban J connectivity index is 1.48. The highest BCUT2D eigenvalue weighted by molar-refractivity contribution is 5.91. The molecular formula is C17H24N2O. The maximum Gasteiger partial charge on any atom is 0.224 e. The fourth-order valence-electron chi connectivity index (χ4n) is 3.42. The second-order valence-electron chi connectivity index (χ2n) is 6.14. The molecule has 1 fully saturated rings. The molecule has 1 amide bonds. The molecule has 0 aromatic heterocycles. The summed E-state index contributed by atoms with van der Waals surface area (Å²) in [5, 5.41) is 6.38. The molecule has 0 bridgehead atoms. The summed E-state index contributed by atoms with van der Waals surface area (Å²) in [7, 11) is 0. The minimum absolute atomic E-state index is 0.168. The third-order valence-corrected chi connectivity index (χ3v) is 4.60. The largest absolute Gasteiger partial charge is 0.384 e. The van der Waals surface area contributed by atoms with E-state index in [1.165, 1.54) is 43.4 Å². The van der Waals surface area contributed by atoms with Crippen molar-refractivity contribution in [3.05, 3.63) is 23.8 Å². The Kier molecular flexibility index (Phi) is 4.24. The number of fused-ring (bicyclic) bond motifs is 1. The second-order valence-corrected chi connectivity index (χ2v) is 6.14. The normalized spacial score (nSPS) is 18.4. The van der Waals surface area contributed by atoms with Crippen molar-refractivity contribution in [2.45, 2.75) is 51.4 Å². The summed E-state index contributed by atoms with van der Waals surface area (Å²) in [6.45, 7) is 1.01. The molecule has 0 spiro atoms. The maximum absolute atomic E-state index is 12.0. The lowest BCUT2D eigenvalue weighted by Crippen LogP contribution is -2.14. The monoisotopic (exact) mass is 272 g/mol. The van der Waals surface area contributed by atoms with Crippen LogP contribution in [0.4, 0.5) is 11.4 Å². The smallest absolute Gasteiger partial charge is 0.224 e. The van der Waals surface area contributed by atoms with E-state index in [4.69, 9.17) is 0 Å². The first kappa shape index (κ1) is 13.5. The molecule has 20 heavy (non-hydrogen) atoms. The predicted molar refractivity (Wildman–Crippen MR) is 83.1 cm³/mol. The third-order valence-electron chi connectivity index (χ3n) is 4.60. The summed E-state index contributed by atoms with van der Waals surface area (Å²) in [5.74, 6) is 0.945. The highest BCUT2D eigenvalue weighted by Gasteiger charge is 2.15. The van der Waals surface area contributed by atoms with Crippen LogP contribution in [0.2, 0.25) is 0 Å². The van der Waals surface area contributed by atoms with Crippen LogP contribution in [0.1, 0.15) is 50.5 Å². The number of amides is 1. The van der Waals surface area contributed by atoms with Gasteiger partial charge < -0.3 is 10.6 Å². The van der Waals surface area contributed by atoms with Gasteiger partial charge in [0, 0.05) is 24.3 Å². The van der Waals surface area contributed by atoms with Gasteiger partial charge in [-0.15, -0.1) is 0 Å². The molecule has 3 rings (SSSR count). The van der Waals surface area contributed by atoms with Crippen molar-refractivity contribution >= 4 is 17.3 Å². The Bertz CT molecular complexity index is 478. The quantitative estimate of drug-likeness (QED) is 0.871. The molecule has 3 nitrogen and oxygen atoms in total. The Hall–Kier alpha value is -1.51. The van der Waals surface area contributed by atoms with Crippen LogP contribution in [0, 0.1) is 5.92 Å². The van der Waals surface area contributed by atoms with Crippen LogP contribution in [0.15, 0.2) is 18.2 Å². The van der Waals surface area contributed by atoms with Gasteiger partial charge in [-0.05, 0) is 42.5 Å². The number of nitrogens with one attached hydrogen (secondary N) is 2. The van der Waals surface area contributed by atoms with Crippen LogP contribution in [0.5, 0.6) is 0 Å². The lowest BCUT2D eigenvalue weighted by Gasteiger charge is -2.21. The average Bonchev–Trinajstić information content (AvgIpc) is 2.94. The van der Waals surface area contributed by atoms with Crippen molar-refractivity contribution in [2.75, 3.05) is 17.2 Å². The zero-order valence-electron chi connectivity index (χ0n) is 12.1. The molecule has 2 aliphatic rings. The number of hydrogen-bond donors (Lipinski definition) is 2. The van der Waals surface area contributed by atoms with Gasteiger partial charge in [-0.2, -0.15) is 0 Å². The molecule has 2 N–H and O–H groups in total. The first-order chi connectivity index (χ1) is 9.81. The van der Waals surface area contributed by atoms with Crippen LogP contribution in [-0.2, 0) is 11.2 Å². The van der Waals surface area contributed by atoms with Crippen molar-refractivity contribution in [2.24, 2.45) is 5.92 Å². The predicted octanol–water partition coefficient (Wildman–Crippen LogP) is 3.95. The van der Waals surface area contributed by atoms with Crippen LogP contribution < -0.4 is 10.6 Å². The number of rotatable bonds is 4. The van der Waals surface area contributed by atoms with E-state index in [2.05, 4.69) is 22.8 Å². The second kappa shape index (κ2) is 6.29. The number of anilines is 2. The summed E-state index contributed by atoms with van der Waals surface area (Å²) >= 11 is 0. The van der Waals surface area contributed by atoms with E-state index < -0.39 is 0 Å². The molecule has 0 unspecified atom stereocenters. The Morgan fingerprint density at radius 3 is 2.95 bits per heavy atom. The lowest BCUT2D eigenvalue weighted by molar-refractivity contribution is -0.116. The lowest BCUT2D eigenvalue weighted by atomic mass is 9.86. The minimum Gasteiger partial charge on any atom is -0.384 e. The summed E-state index contributed by atoms with van der Waals surface area (Å²) in [6, 6.07) is 6.17. The zero-order chi connectivity index (χ0) is 13.8. The number of carbonyl (C=O) groups excluding carboxylic acids is 1. The van der Waals surface area contributed by atoms with Crippen LogP contribution >= 0.6 is 0 Å². The van der Waals surface area contributed by atoms with Crippen molar-refractivity contribution in [3.8, 4) is 0 Å².